The van der Waals surface area contributed by atoms with Crippen molar-refractivity contribution < 1.29 is 9.90 Å². The summed E-state index contributed by atoms with van der Waals surface area (Å²) in [7, 11) is 0. The number of thiol groups is 1. The van der Waals surface area contributed by atoms with Gasteiger partial charge in [-0.3, -0.25) is 4.79 Å². The van der Waals surface area contributed by atoms with Gasteiger partial charge in [-0.2, -0.15) is 0 Å². The maximum Gasteiger partial charge on any atom is 0.303 e. The molecule has 0 heterocycles. The van der Waals surface area contributed by atoms with Crippen LogP contribution in [0.5, 0.6) is 0 Å². The van der Waals surface area contributed by atoms with E-state index >= 15 is 0 Å². The van der Waals surface area contributed by atoms with Crippen molar-refractivity contribution in [2.24, 2.45) is 0 Å². The highest BCUT2D eigenvalue weighted by Crippen LogP contribution is 2.21. The van der Waals surface area contributed by atoms with Gasteiger partial charge in [0.05, 0.1) is 0 Å². The fourth-order valence-electron chi connectivity index (χ4n) is 1.77. The number of carbonyl (C=O) groups is 1. The first kappa shape index (κ1) is 12.7. The predicted octanol–water partition coefficient (Wildman–Crippen LogP) is 3.66. The Morgan fingerprint density at radius 3 is 1.94 bits per heavy atom. The van der Waals surface area contributed by atoms with Gasteiger partial charge in [-0.25, -0.2) is 0 Å². The van der Waals surface area contributed by atoms with Crippen LogP contribution in [0.25, 0.3) is 11.1 Å². The van der Waals surface area contributed by atoms with Gasteiger partial charge in [0, 0.05) is 11.3 Å². The molecular weight excluding hydrogens is 244 g/mol. The summed E-state index contributed by atoms with van der Waals surface area (Å²) >= 11 is 4.25. The molecule has 0 saturated heterocycles. The van der Waals surface area contributed by atoms with Crippen LogP contribution in [0, 0.1) is 0 Å². The van der Waals surface area contributed by atoms with E-state index in [9.17, 15) is 4.79 Å². The predicted molar refractivity (Wildman–Crippen MR) is 75.1 cm³/mol. The average molecular weight is 258 g/mol. The number of hydrogen-bond donors (Lipinski definition) is 2. The van der Waals surface area contributed by atoms with Crippen LogP contribution in [0.15, 0.2) is 53.4 Å². The van der Waals surface area contributed by atoms with Gasteiger partial charge in [-0.05, 0) is 35.2 Å². The van der Waals surface area contributed by atoms with Crippen molar-refractivity contribution in [3.05, 3.63) is 54.1 Å². The van der Waals surface area contributed by atoms with E-state index in [0.717, 1.165) is 21.6 Å². The Morgan fingerprint density at radius 2 is 1.44 bits per heavy atom. The third-order valence-electron chi connectivity index (χ3n) is 2.78. The molecule has 0 saturated carbocycles. The van der Waals surface area contributed by atoms with E-state index in [1.165, 1.54) is 0 Å². The lowest BCUT2D eigenvalue weighted by Crippen LogP contribution is -1.97. The van der Waals surface area contributed by atoms with Gasteiger partial charge in [-0.1, -0.05) is 36.4 Å². The number of rotatable bonds is 4. The molecule has 0 atom stereocenters. The molecule has 2 aromatic rings. The first-order chi connectivity index (χ1) is 8.65. The molecule has 0 bridgehead atoms. The van der Waals surface area contributed by atoms with Crippen LogP contribution in [0.1, 0.15) is 12.0 Å². The third-order valence-corrected chi connectivity index (χ3v) is 3.08. The first-order valence-corrected chi connectivity index (χ1v) is 6.20. The van der Waals surface area contributed by atoms with Crippen LogP contribution in [0.4, 0.5) is 0 Å². The van der Waals surface area contributed by atoms with Crippen molar-refractivity contribution in [2.45, 2.75) is 17.7 Å². The zero-order valence-corrected chi connectivity index (χ0v) is 10.7. The Balaban J connectivity index is 2.12. The summed E-state index contributed by atoms with van der Waals surface area (Å²) in [4.78, 5) is 11.4. The summed E-state index contributed by atoms with van der Waals surface area (Å²) in [5.74, 6) is -0.761. The summed E-state index contributed by atoms with van der Waals surface area (Å²) in [6.07, 6.45) is 0.749. The Labute approximate surface area is 112 Å². The van der Waals surface area contributed by atoms with Gasteiger partial charge in [-0.15, -0.1) is 12.6 Å². The van der Waals surface area contributed by atoms with Crippen LogP contribution in [0.2, 0.25) is 0 Å². The van der Waals surface area contributed by atoms with E-state index in [-0.39, 0.29) is 6.42 Å². The highest BCUT2D eigenvalue weighted by atomic mass is 32.1. The molecule has 2 nitrogen and oxygen atoms in total. The molecule has 0 spiro atoms. The van der Waals surface area contributed by atoms with E-state index in [1.807, 2.05) is 48.5 Å². The fraction of sp³-hybridized carbons (Fsp3) is 0.133. The largest absolute Gasteiger partial charge is 0.481 e. The summed E-state index contributed by atoms with van der Waals surface area (Å²) in [5, 5.41) is 8.63. The number of carboxylic acid groups (broad SMARTS) is 1. The summed E-state index contributed by atoms with van der Waals surface area (Å²) < 4.78 is 0. The molecule has 18 heavy (non-hydrogen) atoms. The number of benzene rings is 2. The normalized spacial score (nSPS) is 10.3. The molecule has 0 aliphatic rings. The highest BCUT2D eigenvalue weighted by Gasteiger charge is 2.01. The van der Waals surface area contributed by atoms with Gasteiger partial charge in [0.25, 0.3) is 0 Å². The van der Waals surface area contributed by atoms with Gasteiger partial charge in [0.1, 0.15) is 0 Å². The lowest BCUT2D eigenvalue weighted by Gasteiger charge is -2.04. The fourth-order valence-corrected chi connectivity index (χ4v) is 1.92. The van der Waals surface area contributed by atoms with Crippen LogP contribution < -0.4 is 0 Å². The topological polar surface area (TPSA) is 37.3 Å². The van der Waals surface area contributed by atoms with E-state index < -0.39 is 5.97 Å². The lowest BCUT2D eigenvalue weighted by atomic mass is 10.0. The number of aryl methyl sites for hydroxylation is 1. The molecule has 0 aromatic heterocycles. The summed E-state index contributed by atoms with van der Waals surface area (Å²) in [5.41, 5.74) is 3.31. The van der Waals surface area contributed by atoms with E-state index in [2.05, 4.69) is 12.6 Å². The number of aliphatic carboxylic acids is 1. The van der Waals surface area contributed by atoms with Crippen molar-refractivity contribution in [1.82, 2.24) is 0 Å². The maximum absolute atomic E-state index is 10.5. The second kappa shape index (κ2) is 5.74. The summed E-state index contributed by atoms with van der Waals surface area (Å²) in [6.45, 7) is 0. The monoisotopic (exact) mass is 258 g/mol. The molecular formula is C15H14O2S. The van der Waals surface area contributed by atoms with E-state index in [4.69, 9.17) is 5.11 Å². The SMILES string of the molecule is O=C(O)CCc1ccc(-c2ccc(S)cc2)cc1. The quantitative estimate of drug-likeness (QED) is 0.821. The van der Waals surface area contributed by atoms with Crippen molar-refractivity contribution in [1.29, 1.82) is 0 Å². The van der Waals surface area contributed by atoms with Crippen LogP contribution in [0.3, 0.4) is 0 Å². The Morgan fingerprint density at radius 1 is 0.944 bits per heavy atom. The molecule has 3 heteroatoms. The first-order valence-electron chi connectivity index (χ1n) is 5.75. The van der Waals surface area contributed by atoms with Crippen LogP contribution in [-0.4, -0.2) is 11.1 Å². The molecule has 0 amide bonds. The third kappa shape index (κ3) is 3.37. The second-order valence-electron chi connectivity index (χ2n) is 4.14. The van der Waals surface area contributed by atoms with E-state index in [0.29, 0.717) is 6.42 Å². The van der Waals surface area contributed by atoms with Gasteiger partial charge in [0.15, 0.2) is 0 Å². The standard InChI is InChI=1S/C15H14O2S/c16-15(17)10-3-11-1-4-12(5-2-11)13-6-8-14(18)9-7-13/h1-2,4-9,18H,3,10H2,(H,16,17). The maximum atomic E-state index is 10.5. The zero-order valence-electron chi connectivity index (χ0n) is 9.84. The molecule has 0 fully saturated rings. The van der Waals surface area contributed by atoms with Gasteiger partial charge < -0.3 is 5.11 Å². The van der Waals surface area contributed by atoms with Gasteiger partial charge in [0.2, 0.25) is 0 Å². The second-order valence-corrected chi connectivity index (χ2v) is 4.65. The molecule has 2 aromatic carbocycles. The van der Waals surface area contributed by atoms with Crippen LogP contribution in [-0.2, 0) is 11.2 Å². The molecule has 0 aliphatic carbocycles. The molecule has 92 valence electrons. The lowest BCUT2D eigenvalue weighted by molar-refractivity contribution is -0.136. The Kier molecular flexibility index (Phi) is 4.05. The molecule has 2 rings (SSSR count). The molecule has 0 unspecified atom stereocenters. The smallest absolute Gasteiger partial charge is 0.303 e. The van der Waals surface area contributed by atoms with E-state index in [1.54, 1.807) is 0 Å². The average Bonchev–Trinajstić information content (AvgIpc) is 2.38. The molecule has 1 N–H and O–H groups in total. The minimum absolute atomic E-state index is 0.174. The highest BCUT2D eigenvalue weighted by molar-refractivity contribution is 7.80. The zero-order chi connectivity index (χ0) is 13.0. The number of hydrogen-bond acceptors (Lipinski definition) is 2. The van der Waals surface area contributed by atoms with Crippen molar-refractivity contribution in [3.63, 3.8) is 0 Å². The van der Waals surface area contributed by atoms with Crippen LogP contribution >= 0.6 is 12.6 Å². The Hall–Kier alpha value is -1.74. The van der Waals surface area contributed by atoms with Crippen molar-refractivity contribution in [3.8, 4) is 11.1 Å². The minimum atomic E-state index is -0.761. The van der Waals surface area contributed by atoms with Crippen molar-refractivity contribution in [2.75, 3.05) is 0 Å². The molecule has 0 radical (unpaired) electrons. The van der Waals surface area contributed by atoms with Crippen molar-refractivity contribution >= 4 is 18.6 Å². The number of carboxylic acids is 1. The minimum Gasteiger partial charge on any atom is -0.481 e. The molecule has 0 aliphatic heterocycles. The summed E-state index contributed by atoms with van der Waals surface area (Å²) in [6, 6.07) is 16.0. The Bertz CT molecular complexity index is 529. The van der Waals surface area contributed by atoms with Gasteiger partial charge >= 0.3 is 5.97 Å².